The number of hydrogen-bond acceptors (Lipinski definition) is 6. The minimum Gasteiger partial charge on any atom is -0.368 e. The van der Waals surface area contributed by atoms with E-state index in [1.165, 1.54) is 11.8 Å². The molecule has 4 rings (SSSR count). The van der Waals surface area contributed by atoms with Gasteiger partial charge in [0.1, 0.15) is 0 Å². The molecule has 1 saturated heterocycles. The number of piperazine rings is 1. The molecule has 0 aliphatic carbocycles. The first-order chi connectivity index (χ1) is 15.5. The Balaban J connectivity index is 1.27. The summed E-state index contributed by atoms with van der Waals surface area (Å²) in [5.41, 5.74) is 3.36. The number of aryl methyl sites for hydroxylation is 1. The summed E-state index contributed by atoms with van der Waals surface area (Å²) in [6.07, 6.45) is 0. The highest BCUT2D eigenvalue weighted by molar-refractivity contribution is 8.01. The molecule has 0 bridgehead atoms. The predicted molar refractivity (Wildman–Crippen MR) is 132 cm³/mol. The van der Waals surface area contributed by atoms with Crippen molar-refractivity contribution in [1.82, 2.24) is 9.88 Å². The molecule has 3 aromatic rings. The van der Waals surface area contributed by atoms with Gasteiger partial charge in [0.25, 0.3) is 5.91 Å². The number of carbonyl (C=O) groups excluding carboxylic acids is 2. The third kappa shape index (κ3) is 5.62. The molecule has 2 amide bonds. The zero-order valence-corrected chi connectivity index (χ0v) is 20.0. The van der Waals surface area contributed by atoms with Crippen LogP contribution in [0.4, 0.5) is 11.4 Å². The number of benzene rings is 2. The molecule has 1 N–H and O–H groups in total. The molecule has 0 radical (unpaired) electrons. The number of hydrogen-bond donors (Lipinski definition) is 1. The van der Waals surface area contributed by atoms with E-state index < -0.39 is 0 Å². The summed E-state index contributed by atoms with van der Waals surface area (Å²) >= 11 is 9.17. The molecule has 0 atom stereocenters. The molecule has 166 valence electrons. The monoisotopic (exact) mass is 486 g/mol. The Morgan fingerprint density at radius 2 is 1.81 bits per heavy atom. The molecular formula is C23H23ClN4O2S2. The highest BCUT2D eigenvalue weighted by Crippen LogP contribution is 2.24. The van der Waals surface area contributed by atoms with Gasteiger partial charge in [-0.25, -0.2) is 4.98 Å². The van der Waals surface area contributed by atoms with E-state index in [-0.39, 0.29) is 11.8 Å². The number of amides is 2. The number of thioether (sulfide) groups is 1. The van der Waals surface area contributed by atoms with Gasteiger partial charge in [-0.05, 0) is 43.3 Å². The number of thiazole rings is 1. The fourth-order valence-corrected chi connectivity index (χ4v) is 5.32. The van der Waals surface area contributed by atoms with Gasteiger partial charge in [-0.2, -0.15) is 0 Å². The Kier molecular flexibility index (Phi) is 7.34. The second-order valence-electron chi connectivity index (χ2n) is 7.40. The number of aromatic nitrogens is 1. The summed E-state index contributed by atoms with van der Waals surface area (Å²) in [7, 11) is 0. The van der Waals surface area contributed by atoms with Crippen LogP contribution in [-0.2, 0) is 4.79 Å². The van der Waals surface area contributed by atoms with E-state index in [9.17, 15) is 9.59 Å². The van der Waals surface area contributed by atoms with E-state index in [0.29, 0.717) is 29.4 Å². The predicted octanol–water partition coefficient (Wildman–Crippen LogP) is 4.80. The molecule has 2 heterocycles. The second-order valence-corrected chi connectivity index (χ2v) is 9.89. The first-order valence-corrected chi connectivity index (χ1v) is 12.5. The summed E-state index contributed by atoms with van der Waals surface area (Å²) in [6.45, 7) is 4.70. The van der Waals surface area contributed by atoms with E-state index >= 15 is 0 Å². The molecule has 0 saturated carbocycles. The third-order valence-corrected chi connectivity index (χ3v) is 7.58. The van der Waals surface area contributed by atoms with Crippen LogP contribution >= 0.6 is 34.7 Å². The van der Waals surface area contributed by atoms with Gasteiger partial charge >= 0.3 is 0 Å². The lowest BCUT2D eigenvalue weighted by atomic mass is 10.1. The minimum atomic E-state index is -0.0534. The average Bonchev–Trinajstić information content (AvgIpc) is 3.23. The maximum absolute atomic E-state index is 12.7. The van der Waals surface area contributed by atoms with Crippen LogP contribution in [0.5, 0.6) is 0 Å². The Morgan fingerprint density at radius 1 is 1.09 bits per heavy atom. The van der Waals surface area contributed by atoms with Crippen molar-refractivity contribution in [1.29, 1.82) is 0 Å². The van der Waals surface area contributed by atoms with Crippen molar-refractivity contribution in [3.05, 3.63) is 70.2 Å². The van der Waals surface area contributed by atoms with E-state index in [4.69, 9.17) is 11.6 Å². The zero-order chi connectivity index (χ0) is 22.5. The molecule has 2 aromatic carbocycles. The Hall–Kier alpha value is -2.55. The maximum Gasteiger partial charge on any atom is 0.255 e. The van der Waals surface area contributed by atoms with E-state index in [2.05, 4.69) is 15.2 Å². The largest absolute Gasteiger partial charge is 0.368 e. The van der Waals surface area contributed by atoms with Crippen molar-refractivity contribution >= 4 is 57.9 Å². The summed E-state index contributed by atoms with van der Waals surface area (Å²) in [5.74, 6) is 0.247. The van der Waals surface area contributed by atoms with Crippen molar-refractivity contribution in [3.63, 3.8) is 0 Å². The van der Waals surface area contributed by atoms with Crippen molar-refractivity contribution in [2.45, 2.75) is 11.3 Å². The smallest absolute Gasteiger partial charge is 0.255 e. The van der Waals surface area contributed by atoms with Crippen molar-refractivity contribution in [2.24, 2.45) is 0 Å². The van der Waals surface area contributed by atoms with Gasteiger partial charge in [0.15, 0.2) is 4.34 Å². The van der Waals surface area contributed by atoms with Gasteiger partial charge in [-0.3, -0.25) is 9.59 Å². The van der Waals surface area contributed by atoms with E-state index in [1.54, 1.807) is 23.5 Å². The summed E-state index contributed by atoms with van der Waals surface area (Å²) < 4.78 is 0.903. The second kappa shape index (κ2) is 10.4. The van der Waals surface area contributed by atoms with Gasteiger partial charge in [-0.1, -0.05) is 35.5 Å². The molecule has 6 nitrogen and oxygen atoms in total. The van der Waals surface area contributed by atoms with Crippen LogP contribution in [0.3, 0.4) is 0 Å². The first-order valence-electron chi connectivity index (χ1n) is 10.2. The van der Waals surface area contributed by atoms with Crippen LogP contribution in [0.1, 0.15) is 16.1 Å². The number of halogens is 1. The van der Waals surface area contributed by atoms with Crippen LogP contribution < -0.4 is 10.2 Å². The van der Waals surface area contributed by atoms with Crippen molar-refractivity contribution in [3.8, 4) is 0 Å². The standard InChI is InChI=1S/C23H23ClN4O2S2/c1-16-14-31-23(25-16)32-15-21(29)26-17-6-8-18(9-7-17)27-10-12-28(13-11-27)22(30)19-4-2-3-5-20(19)24/h2-9,14H,10-13,15H2,1H3,(H,26,29). The van der Waals surface area contributed by atoms with Crippen molar-refractivity contribution < 1.29 is 9.59 Å². The van der Waals surface area contributed by atoms with Crippen LogP contribution in [-0.4, -0.2) is 53.6 Å². The molecule has 0 unspecified atom stereocenters. The maximum atomic E-state index is 12.7. The molecule has 1 aliphatic heterocycles. The Morgan fingerprint density at radius 3 is 2.47 bits per heavy atom. The fraction of sp³-hybridized carbons (Fsp3) is 0.261. The lowest BCUT2D eigenvalue weighted by Gasteiger charge is -2.36. The number of nitrogens with zero attached hydrogens (tertiary/aromatic N) is 3. The van der Waals surface area contributed by atoms with Crippen LogP contribution in [0, 0.1) is 6.92 Å². The van der Waals surface area contributed by atoms with Gasteiger partial charge < -0.3 is 15.1 Å². The number of nitrogens with one attached hydrogen (secondary N) is 1. The summed E-state index contributed by atoms with van der Waals surface area (Å²) in [6, 6.07) is 15.0. The van der Waals surface area contributed by atoms with Crippen molar-refractivity contribution in [2.75, 3.05) is 42.1 Å². The topological polar surface area (TPSA) is 65.5 Å². The van der Waals surface area contributed by atoms with Crippen LogP contribution in [0.2, 0.25) is 5.02 Å². The molecule has 1 aliphatic rings. The molecule has 9 heteroatoms. The zero-order valence-electron chi connectivity index (χ0n) is 17.6. The molecule has 1 aromatic heterocycles. The average molecular weight is 487 g/mol. The molecule has 32 heavy (non-hydrogen) atoms. The molecule has 0 spiro atoms. The minimum absolute atomic E-state index is 0.0286. The van der Waals surface area contributed by atoms with Gasteiger partial charge in [-0.15, -0.1) is 11.3 Å². The Labute approximate surface area is 200 Å². The lowest BCUT2D eigenvalue weighted by Crippen LogP contribution is -2.48. The van der Waals surface area contributed by atoms with Crippen LogP contribution in [0.25, 0.3) is 0 Å². The number of anilines is 2. The highest BCUT2D eigenvalue weighted by atomic mass is 35.5. The van der Waals surface area contributed by atoms with E-state index in [0.717, 1.165) is 34.5 Å². The van der Waals surface area contributed by atoms with Gasteiger partial charge in [0, 0.05) is 48.6 Å². The number of rotatable bonds is 6. The molecule has 1 fully saturated rings. The lowest BCUT2D eigenvalue weighted by molar-refractivity contribution is -0.113. The van der Waals surface area contributed by atoms with Crippen LogP contribution in [0.15, 0.2) is 58.3 Å². The van der Waals surface area contributed by atoms with Gasteiger partial charge in [0.05, 0.1) is 16.3 Å². The Bertz CT molecular complexity index is 1100. The number of carbonyl (C=O) groups is 2. The summed E-state index contributed by atoms with van der Waals surface area (Å²) in [4.78, 5) is 33.4. The first kappa shape index (κ1) is 22.6. The third-order valence-electron chi connectivity index (χ3n) is 5.11. The van der Waals surface area contributed by atoms with Gasteiger partial charge in [0.2, 0.25) is 5.91 Å². The van der Waals surface area contributed by atoms with E-state index in [1.807, 2.05) is 53.6 Å². The quantitative estimate of drug-likeness (QED) is 0.507. The fourth-order valence-electron chi connectivity index (χ4n) is 3.45. The summed E-state index contributed by atoms with van der Waals surface area (Å²) in [5, 5.41) is 5.39. The normalized spacial score (nSPS) is 13.8. The highest BCUT2D eigenvalue weighted by Gasteiger charge is 2.23. The molecular weight excluding hydrogens is 464 g/mol. The SMILES string of the molecule is Cc1csc(SCC(=O)Nc2ccc(N3CCN(C(=O)c4ccccc4Cl)CC3)cc2)n1.